The lowest BCUT2D eigenvalue weighted by Gasteiger charge is -2.21. The molecule has 11 heteroatoms. The number of furan rings is 1. The summed E-state index contributed by atoms with van der Waals surface area (Å²) in [6, 6.07) is 7.16. The number of hydrogen-bond acceptors (Lipinski definition) is 8. The molecule has 3 amide bonds. The fourth-order valence-corrected chi connectivity index (χ4v) is 3.88. The molecule has 0 saturated heterocycles. The average molecular weight is 419 g/mol. The molecule has 0 atom stereocenters. The minimum absolute atomic E-state index is 0.0733. The van der Waals surface area contributed by atoms with Gasteiger partial charge in [-0.15, -0.1) is 11.3 Å². The van der Waals surface area contributed by atoms with Gasteiger partial charge in [-0.3, -0.25) is 14.4 Å². The van der Waals surface area contributed by atoms with Crippen LogP contribution in [-0.4, -0.2) is 33.5 Å². The summed E-state index contributed by atoms with van der Waals surface area (Å²) in [5, 5.41) is 4.57. The van der Waals surface area contributed by atoms with E-state index in [1.165, 1.54) is 22.5 Å². The molecule has 0 aliphatic carbocycles. The second kappa shape index (κ2) is 8.67. The summed E-state index contributed by atoms with van der Waals surface area (Å²) >= 11 is 2.24. The Balaban J connectivity index is 1.75. The lowest BCUT2D eigenvalue weighted by Crippen LogP contribution is -2.40. The summed E-state index contributed by atoms with van der Waals surface area (Å²) in [7, 11) is 0. The number of anilines is 1. The van der Waals surface area contributed by atoms with E-state index in [9.17, 15) is 14.4 Å². The molecule has 0 bridgehead atoms. The van der Waals surface area contributed by atoms with E-state index < -0.39 is 11.8 Å². The zero-order valence-electron chi connectivity index (χ0n) is 14.6. The van der Waals surface area contributed by atoms with Gasteiger partial charge in [0.05, 0.1) is 25.0 Å². The Labute approximate surface area is 168 Å². The number of thiophene rings is 1. The van der Waals surface area contributed by atoms with Gasteiger partial charge in [-0.2, -0.15) is 4.37 Å². The maximum atomic E-state index is 13.0. The molecule has 0 unspecified atom stereocenters. The van der Waals surface area contributed by atoms with Crippen molar-refractivity contribution in [2.24, 2.45) is 5.73 Å². The van der Waals surface area contributed by atoms with E-state index in [2.05, 4.69) is 9.69 Å². The molecule has 0 aliphatic rings. The smallest absolute Gasteiger partial charge is 0.270 e. The largest absolute Gasteiger partial charge is 0.467 e. The molecule has 0 fully saturated rings. The van der Waals surface area contributed by atoms with Gasteiger partial charge < -0.3 is 26.1 Å². The van der Waals surface area contributed by atoms with E-state index in [0.717, 1.165) is 16.4 Å². The van der Waals surface area contributed by atoms with Crippen molar-refractivity contribution < 1.29 is 18.8 Å². The van der Waals surface area contributed by atoms with E-state index in [1.54, 1.807) is 12.1 Å². The Morgan fingerprint density at radius 1 is 1.25 bits per heavy atom. The highest BCUT2D eigenvalue weighted by Crippen LogP contribution is 2.24. The molecule has 0 saturated carbocycles. The van der Waals surface area contributed by atoms with Crippen molar-refractivity contribution in [3.05, 3.63) is 57.1 Å². The first-order valence-electron chi connectivity index (χ1n) is 8.11. The van der Waals surface area contributed by atoms with E-state index in [-0.39, 0.29) is 41.8 Å². The van der Waals surface area contributed by atoms with Crippen LogP contribution in [0.25, 0.3) is 0 Å². The van der Waals surface area contributed by atoms with E-state index in [1.807, 2.05) is 17.5 Å². The molecule has 28 heavy (non-hydrogen) atoms. The Morgan fingerprint density at radius 3 is 2.68 bits per heavy atom. The highest BCUT2D eigenvalue weighted by Gasteiger charge is 2.26. The van der Waals surface area contributed by atoms with E-state index in [4.69, 9.17) is 15.9 Å². The van der Waals surface area contributed by atoms with Gasteiger partial charge in [0, 0.05) is 4.88 Å². The molecular weight excluding hydrogens is 402 g/mol. The number of amides is 3. The topological polar surface area (TPSA) is 145 Å². The molecule has 0 spiro atoms. The highest BCUT2D eigenvalue weighted by atomic mass is 32.1. The number of carbonyl (C=O) groups is 3. The van der Waals surface area contributed by atoms with E-state index in [0.29, 0.717) is 5.76 Å². The van der Waals surface area contributed by atoms with Crippen molar-refractivity contribution >= 4 is 46.3 Å². The lowest BCUT2D eigenvalue weighted by molar-refractivity contribution is -0.122. The van der Waals surface area contributed by atoms with Crippen molar-refractivity contribution in [2.75, 3.05) is 12.3 Å². The first kappa shape index (κ1) is 19.6. The third-order valence-electron chi connectivity index (χ3n) is 3.74. The number of primary amides is 1. The van der Waals surface area contributed by atoms with Crippen LogP contribution in [-0.2, 0) is 17.9 Å². The monoisotopic (exact) mass is 419 g/mol. The van der Waals surface area contributed by atoms with Gasteiger partial charge in [-0.05, 0) is 35.1 Å². The third-order valence-corrected chi connectivity index (χ3v) is 5.46. The zero-order chi connectivity index (χ0) is 20.1. The zero-order valence-corrected chi connectivity index (χ0v) is 16.2. The summed E-state index contributed by atoms with van der Waals surface area (Å²) in [6.45, 7) is 0.232. The average Bonchev–Trinajstić information content (AvgIpc) is 3.41. The van der Waals surface area contributed by atoms with Crippen molar-refractivity contribution in [2.45, 2.75) is 13.1 Å². The quantitative estimate of drug-likeness (QED) is 0.504. The van der Waals surface area contributed by atoms with Crippen LogP contribution in [0.5, 0.6) is 0 Å². The molecule has 5 N–H and O–H groups in total. The molecule has 3 aromatic rings. The third kappa shape index (κ3) is 4.56. The van der Waals surface area contributed by atoms with E-state index >= 15 is 0 Å². The number of rotatable bonds is 8. The molecule has 9 nitrogen and oxygen atoms in total. The predicted molar refractivity (Wildman–Crippen MR) is 105 cm³/mol. The number of nitrogens with zero attached hydrogens (tertiary/aromatic N) is 2. The fourth-order valence-electron chi connectivity index (χ4n) is 2.39. The second-order valence-electron chi connectivity index (χ2n) is 5.73. The van der Waals surface area contributed by atoms with Crippen LogP contribution >= 0.6 is 22.9 Å². The SMILES string of the molecule is NC(=O)c1nsc(C(=O)N(CC(=O)NCc2ccco2)Cc2cccs2)c1N. The van der Waals surface area contributed by atoms with Crippen molar-refractivity contribution in [1.82, 2.24) is 14.6 Å². The lowest BCUT2D eigenvalue weighted by atomic mass is 10.2. The number of hydrogen-bond donors (Lipinski definition) is 3. The van der Waals surface area contributed by atoms with Crippen LogP contribution in [0.3, 0.4) is 0 Å². The molecule has 146 valence electrons. The molecule has 3 heterocycles. The Bertz CT molecular complexity index is 966. The number of nitrogen functional groups attached to an aromatic ring is 1. The maximum Gasteiger partial charge on any atom is 0.270 e. The summed E-state index contributed by atoms with van der Waals surface area (Å²) < 4.78 is 9.02. The minimum Gasteiger partial charge on any atom is -0.467 e. The number of carbonyl (C=O) groups excluding carboxylic acids is 3. The number of aromatic nitrogens is 1. The van der Waals surface area contributed by atoms with Crippen LogP contribution in [0.2, 0.25) is 0 Å². The van der Waals surface area contributed by atoms with Crippen LogP contribution in [0.1, 0.15) is 30.8 Å². The second-order valence-corrected chi connectivity index (χ2v) is 7.54. The van der Waals surface area contributed by atoms with Gasteiger partial charge >= 0.3 is 0 Å². The number of nitrogens with two attached hydrogens (primary N) is 2. The van der Waals surface area contributed by atoms with Crippen molar-refractivity contribution in [3.8, 4) is 0 Å². The van der Waals surface area contributed by atoms with Crippen molar-refractivity contribution in [1.29, 1.82) is 0 Å². The summed E-state index contributed by atoms with van der Waals surface area (Å²) in [5.41, 5.74) is 10.8. The highest BCUT2D eigenvalue weighted by molar-refractivity contribution is 7.10. The molecule has 0 aliphatic heterocycles. The summed E-state index contributed by atoms with van der Waals surface area (Å²) in [6.07, 6.45) is 1.51. The van der Waals surface area contributed by atoms with Gasteiger partial charge in [-0.1, -0.05) is 6.07 Å². The van der Waals surface area contributed by atoms with Gasteiger partial charge in [0.25, 0.3) is 11.8 Å². The Hall–Kier alpha value is -3.18. The predicted octanol–water partition coefficient (Wildman–Crippen LogP) is 1.44. The maximum absolute atomic E-state index is 13.0. The van der Waals surface area contributed by atoms with Gasteiger partial charge in [0.15, 0.2) is 5.69 Å². The first-order chi connectivity index (χ1) is 13.5. The summed E-state index contributed by atoms with van der Waals surface area (Å²) in [4.78, 5) is 39.0. The standard InChI is InChI=1S/C17H17N5O4S2/c18-13-14(16(19)24)21-28-15(13)17(25)22(8-11-4-2-6-27-11)9-12(23)20-7-10-3-1-5-26-10/h1-6H,7-9,18H2,(H2,19,24)(H,20,23). The van der Waals surface area contributed by atoms with Crippen LogP contribution < -0.4 is 16.8 Å². The van der Waals surface area contributed by atoms with Gasteiger partial charge in [-0.25, -0.2) is 0 Å². The summed E-state index contributed by atoms with van der Waals surface area (Å²) in [5.74, 6) is -1.07. The Morgan fingerprint density at radius 2 is 2.07 bits per heavy atom. The van der Waals surface area contributed by atoms with Crippen molar-refractivity contribution in [3.63, 3.8) is 0 Å². The molecule has 0 radical (unpaired) electrons. The Kier molecular flexibility index (Phi) is 6.06. The van der Waals surface area contributed by atoms with Crippen LogP contribution in [0.15, 0.2) is 40.3 Å². The molecule has 0 aromatic carbocycles. The molecule has 3 rings (SSSR count). The molecule has 3 aromatic heterocycles. The molecular formula is C17H17N5O4S2. The fraction of sp³-hybridized carbons (Fsp3) is 0.176. The van der Waals surface area contributed by atoms with Crippen LogP contribution in [0.4, 0.5) is 5.69 Å². The first-order valence-corrected chi connectivity index (χ1v) is 9.76. The van der Waals surface area contributed by atoms with Crippen LogP contribution in [0, 0.1) is 0 Å². The number of nitrogens with one attached hydrogen (secondary N) is 1. The van der Waals surface area contributed by atoms with Gasteiger partial charge in [0.1, 0.15) is 17.2 Å². The van der Waals surface area contributed by atoms with Gasteiger partial charge in [0.2, 0.25) is 5.91 Å². The normalized spacial score (nSPS) is 10.6. The minimum atomic E-state index is -0.811.